The second-order valence-corrected chi connectivity index (χ2v) is 4.32. The number of carbonyl (C=O) groups is 1. The van der Waals surface area contributed by atoms with Crippen LogP contribution in [0.25, 0.3) is 0 Å². The maximum atomic E-state index is 11.5. The molecular formula is C14H15N3O4. The summed E-state index contributed by atoms with van der Waals surface area (Å²) in [5, 5.41) is 16.5. The molecule has 0 saturated heterocycles. The van der Waals surface area contributed by atoms with E-state index >= 15 is 0 Å². The van der Waals surface area contributed by atoms with Gasteiger partial charge in [0.25, 0.3) is 11.6 Å². The third-order valence-electron chi connectivity index (χ3n) is 2.95. The Kier molecular flexibility index (Phi) is 4.55. The SMILES string of the molecule is CNC(=O)c1ccc(NCCc2ccco2)c([N+](=O)[O-])c1. The van der Waals surface area contributed by atoms with E-state index in [1.807, 2.05) is 6.07 Å². The van der Waals surface area contributed by atoms with E-state index in [1.54, 1.807) is 18.4 Å². The van der Waals surface area contributed by atoms with Crippen LogP contribution in [0.4, 0.5) is 11.4 Å². The van der Waals surface area contributed by atoms with E-state index in [4.69, 9.17) is 4.42 Å². The molecule has 0 aliphatic heterocycles. The second-order valence-electron chi connectivity index (χ2n) is 4.32. The van der Waals surface area contributed by atoms with E-state index in [2.05, 4.69) is 10.6 Å². The van der Waals surface area contributed by atoms with Gasteiger partial charge in [0.1, 0.15) is 11.4 Å². The van der Waals surface area contributed by atoms with Crippen LogP contribution in [0.15, 0.2) is 41.0 Å². The summed E-state index contributed by atoms with van der Waals surface area (Å²) in [7, 11) is 1.48. The average Bonchev–Trinajstić information content (AvgIpc) is 2.99. The highest BCUT2D eigenvalue weighted by atomic mass is 16.6. The Morgan fingerprint density at radius 2 is 2.19 bits per heavy atom. The van der Waals surface area contributed by atoms with Crippen LogP contribution in [-0.4, -0.2) is 24.4 Å². The van der Waals surface area contributed by atoms with Crippen LogP contribution in [-0.2, 0) is 6.42 Å². The summed E-state index contributed by atoms with van der Waals surface area (Å²) in [5.41, 5.74) is 0.496. The molecule has 1 amide bonds. The van der Waals surface area contributed by atoms with Crippen LogP contribution in [0.1, 0.15) is 16.1 Å². The second kappa shape index (κ2) is 6.56. The van der Waals surface area contributed by atoms with E-state index in [9.17, 15) is 14.9 Å². The minimum Gasteiger partial charge on any atom is -0.469 e. The Morgan fingerprint density at radius 1 is 1.38 bits per heavy atom. The molecule has 0 unspecified atom stereocenters. The van der Waals surface area contributed by atoms with Gasteiger partial charge in [-0.15, -0.1) is 0 Å². The van der Waals surface area contributed by atoms with Crippen molar-refractivity contribution in [3.63, 3.8) is 0 Å². The van der Waals surface area contributed by atoms with Crippen molar-refractivity contribution in [1.82, 2.24) is 5.32 Å². The molecule has 1 heterocycles. The van der Waals surface area contributed by atoms with Gasteiger partial charge in [-0.3, -0.25) is 14.9 Å². The Balaban J connectivity index is 2.11. The summed E-state index contributed by atoms with van der Waals surface area (Å²) < 4.78 is 5.19. The van der Waals surface area contributed by atoms with Crippen molar-refractivity contribution in [2.45, 2.75) is 6.42 Å². The highest BCUT2D eigenvalue weighted by Gasteiger charge is 2.16. The lowest BCUT2D eigenvalue weighted by molar-refractivity contribution is -0.384. The highest BCUT2D eigenvalue weighted by molar-refractivity contribution is 5.95. The van der Waals surface area contributed by atoms with Gasteiger partial charge in [0, 0.05) is 31.6 Å². The molecule has 0 aliphatic carbocycles. The van der Waals surface area contributed by atoms with E-state index in [-0.39, 0.29) is 17.2 Å². The number of rotatable bonds is 6. The quantitative estimate of drug-likeness (QED) is 0.627. The molecular weight excluding hydrogens is 274 g/mol. The summed E-state index contributed by atoms with van der Waals surface area (Å²) >= 11 is 0. The van der Waals surface area contributed by atoms with Crippen molar-refractivity contribution in [3.05, 3.63) is 58.0 Å². The molecule has 0 aliphatic rings. The maximum Gasteiger partial charge on any atom is 0.293 e. The minimum atomic E-state index is -0.512. The van der Waals surface area contributed by atoms with Crippen LogP contribution in [0.5, 0.6) is 0 Å². The predicted octanol–water partition coefficient (Wildman–Crippen LogP) is 2.20. The molecule has 2 rings (SSSR count). The maximum absolute atomic E-state index is 11.5. The molecule has 1 aromatic heterocycles. The first-order valence-electron chi connectivity index (χ1n) is 6.38. The molecule has 110 valence electrons. The van der Waals surface area contributed by atoms with Gasteiger partial charge in [0.15, 0.2) is 0 Å². The molecule has 2 N–H and O–H groups in total. The standard InChI is InChI=1S/C14H15N3O4/c1-15-14(18)10-4-5-12(13(9-10)17(19)20)16-7-6-11-3-2-8-21-11/h2-5,8-9,16H,6-7H2,1H3,(H,15,18). The highest BCUT2D eigenvalue weighted by Crippen LogP contribution is 2.25. The van der Waals surface area contributed by atoms with E-state index in [0.717, 1.165) is 5.76 Å². The lowest BCUT2D eigenvalue weighted by Crippen LogP contribution is -2.18. The molecule has 1 aromatic carbocycles. The molecule has 0 radical (unpaired) electrons. The Hall–Kier alpha value is -2.83. The lowest BCUT2D eigenvalue weighted by atomic mass is 10.1. The van der Waals surface area contributed by atoms with Gasteiger partial charge in [0.05, 0.1) is 11.2 Å². The number of carbonyl (C=O) groups excluding carboxylic acids is 1. The number of amides is 1. The number of benzene rings is 1. The summed E-state index contributed by atoms with van der Waals surface area (Å²) in [5.74, 6) is 0.437. The molecule has 0 saturated carbocycles. The molecule has 2 aromatic rings. The third-order valence-corrected chi connectivity index (χ3v) is 2.95. The average molecular weight is 289 g/mol. The van der Waals surface area contributed by atoms with Gasteiger partial charge in [-0.2, -0.15) is 0 Å². The minimum absolute atomic E-state index is 0.129. The van der Waals surface area contributed by atoms with Gasteiger partial charge in [0.2, 0.25) is 0 Å². The number of furan rings is 1. The number of nitrogens with one attached hydrogen (secondary N) is 2. The fourth-order valence-corrected chi connectivity index (χ4v) is 1.89. The summed E-state index contributed by atoms with van der Waals surface area (Å²) in [6, 6.07) is 7.96. The van der Waals surface area contributed by atoms with Gasteiger partial charge >= 0.3 is 0 Å². The van der Waals surface area contributed by atoms with E-state index in [1.165, 1.54) is 19.2 Å². The van der Waals surface area contributed by atoms with E-state index < -0.39 is 4.92 Å². The smallest absolute Gasteiger partial charge is 0.293 e. The lowest BCUT2D eigenvalue weighted by Gasteiger charge is -2.07. The fourth-order valence-electron chi connectivity index (χ4n) is 1.89. The molecule has 0 atom stereocenters. The number of hydrogen-bond acceptors (Lipinski definition) is 5. The van der Waals surface area contributed by atoms with Crippen LogP contribution in [0.3, 0.4) is 0 Å². The van der Waals surface area contributed by atoms with Crippen molar-refractivity contribution in [3.8, 4) is 0 Å². The molecule has 7 heteroatoms. The third kappa shape index (κ3) is 3.59. The van der Waals surface area contributed by atoms with Crippen LogP contribution in [0.2, 0.25) is 0 Å². The number of nitro groups is 1. The first-order valence-corrected chi connectivity index (χ1v) is 6.38. The first-order chi connectivity index (χ1) is 10.1. The summed E-state index contributed by atoms with van der Waals surface area (Å²) in [6.45, 7) is 0.494. The zero-order chi connectivity index (χ0) is 15.2. The van der Waals surface area contributed by atoms with Crippen molar-refractivity contribution in [2.24, 2.45) is 0 Å². The van der Waals surface area contributed by atoms with Gasteiger partial charge in [-0.05, 0) is 24.3 Å². The number of anilines is 1. The Morgan fingerprint density at radius 3 is 2.81 bits per heavy atom. The van der Waals surface area contributed by atoms with Crippen molar-refractivity contribution in [2.75, 3.05) is 18.9 Å². The van der Waals surface area contributed by atoms with Gasteiger partial charge in [-0.1, -0.05) is 0 Å². The topological polar surface area (TPSA) is 97.4 Å². The van der Waals surface area contributed by atoms with Crippen molar-refractivity contribution >= 4 is 17.3 Å². The molecule has 21 heavy (non-hydrogen) atoms. The molecule has 0 bridgehead atoms. The van der Waals surface area contributed by atoms with Crippen molar-refractivity contribution < 1.29 is 14.1 Å². The monoisotopic (exact) mass is 289 g/mol. The molecule has 7 nitrogen and oxygen atoms in total. The Labute approximate surface area is 121 Å². The predicted molar refractivity (Wildman–Crippen MR) is 77.4 cm³/mol. The number of hydrogen-bond donors (Lipinski definition) is 2. The molecule has 0 spiro atoms. The number of nitro benzene ring substituents is 1. The van der Waals surface area contributed by atoms with Gasteiger partial charge < -0.3 is 15.1 Å². The van der Waals surface area contributed by atoms with Crippen LogP contribution in [0, 0.1) is 10.1 Å². The largest absolute Gasteiger partial charge is 0.469 e. The van der Waals surface area contributed by atoms with E-state index in [0.29, 0.717) is 18.7 Å². The van der Waals surface area contributed by atoms with Crippen molar-refractivity contribution in [1.29, 1.82) is 0 Å². The zero-order valence-electron chi connectivity index (χ0n) is 11.5. The Bertz CT molecular complexity index is 638. The zero-order valence-corrected chi connectivity index (χ0v) is 11.5. The van der Waals surface area contributed by atoms with Crippen LogP contribution >= 0.6 is 0 Å². The van der Waals surface area contributed by atoms with Gasteiger partial charge in [-0.25, -0.2) is 0 Å². The first kappa shape index (κ1) is 14.6. The molecule has 0 fully saturated rings. The summed E-state index contributed by atoms with van der Waals surface area (Å²) in [4.78, 5) is 22.1. The van der Waals surface area contributed by atoms with Crippen LogP contribution < -0.4 is 10.6 Å². The normalized spacial score (nSPS) is 10.1. The fraction of sp³-hybridized carbons (Fsp3) is 0.214. The summed E-state index contributed by atoms with van der Waals surface area (Å²) in [6.07, 6.45) is 2.19. The number of nitrogens with zero attached hydrogens (tertiary/aromatic N) is 1.